The van der Waals surface area contributed by atoms with Gasteiger partial charge in [-0.3, -0.25) is 19.3 Å². The Bertz CT molecular complexity index is 1040. The summed E-state index contributed by atoms with van der Waals surface area (Å²) in [5, 5.41) is 2.18. The first kappa shape index (κ1) is 22.9. The molecule has 3 rings (SSSR count). The molecule has 1 aliphatic rings. The predicted molar refractivity (Wildman–Crippen MR) is 133 cm³/mol. The lowest BCUT2D eigenvalue weighted by atomic mass is 10.2. The lowest BCUT2D eigenvalue weighted by molar-refractivity contribution is -0.127. The van der Waals surface area contributed by atoms with E-state index in [4.69, 9.17) is 9.47 Å². The van der Waals surface area contributed by atoms with Crippen LogP contribution >= 0.6 is 56.9 Å². The fourth-order valence-electron chi connectivity index (χ4n) is 2.70. The lowest BCUT2D eigenvalue weighted by Crippen LogP contribution is -2.36. The topological polar surface area (TPSA) is 84.9 Å². The highest BCUT2D eigenvalue weighted by molar-refractivity contribution is 14.1. The Morgan fingerprint density at radius 3 is 2.47 bits per heavy atom. The molecule has 1 heterocycles. The summed E-state index contributed by atoms with van der Waals surface area (Å²) in [6.45, 7) is -0.366. The van der Waals surface area contributed by atoms with Crippen molar-refractivity contribution in [2.45, 2.75) is 0 Å². The van der Waals surface area contributed by atoms with Gasteiger partial charge in [-0.25, -0.2) is 0 Å². The monoisotopic (exact) mass is 650 g/mol. The van der Waals surface area contributed by atoms with Crippen LogP contribution in [0.5, 0.6) is 11.5 Å². The first-order valence-corrected chi connectivity index (χ1v) is 11.5. The molecule has 7 nitrogen and oxygen atoms in total. The molecule has 0 radical (unpaired) electrons. The Hall–Kier alpha value is -1.80. The molecule has 1 aliphatic heterocycles. The SMILES string of the molecule is COc1ccc(NC(=O)CN2C(=O)S/C(=C/c3cc(I)cc(I)c3OC)C2=O)cc1. The van der Waals surface area contributed by atoms with Crippen molar-refractivity contribution in [3.8, 4) is 11.5 Å². The number of amides is 3. The number of anilines is 1. The summed E-state index contributed by atoms with van der Waals surface area (Å²) in [7, 11) is 3.10. The van der Waals surface area contributed by atoms with Gasteiger partial charge in [-0.1, -0.05) is 0 Å². The molecule has 0 bridgehead atoms. The van der Waals surface area contributed by atoms with E-state index in [0.717, 1.165) is 23.8 Å². The fourth-order valence-corrected chi connectivity index (χ4v) is 5.64. The number of carbonyl (C=O) groups excluding carboxylic acids is 3. The first-order chi connectivity index (χ1) is 14.3. The second-order valence-electron chi connectivity index (χ2n) is 6.05. The van der Waals surface area contributed by atoms with Gasteiger partial charge < -0.3 is 14.8 Å². The number of imide groups is 1. The summed E-state index contributed by atoms with van der Waals surface area (Å²) >= 11 is 5.13. The van der Waals surface area contributed by atoms with Crippen LogP contribution in [0.15, 0.2) is 41.3 Å². The molecule has 0 aromatic heterocycles. The molecule has 0 atom stereocenters. The Balaban J connectivity index is 1.74. The highest BCUT2D eigenvalue weighted by atomic mass is 127. The molecule has 0 saturated carbocycles. The molecule has 30 heavy (non-hydrogen) atoms. The van der Waals surface area contributed by atoms with E-state index in [-0.39, 0.29) is 11.4 Å². The number of hydrogen-bond donors (Lipinski definition) is 1. The zero-order chi connectivity index (χ0) is 21.8. The van der Waals surface area contributed by atoms with Crippen molar-refractivity contribution >= 4 is 85.8 Å². The highest BCUT2D eigenvalue weighted by Crippen LogP contribution is 2.36. The van der Waals surface area contributed by atoms with Gasteiger partial charge in [-0.15, -0.1) is 0 Å². The van der Waals surface area contributed by atoms with Crippen LogP contribution in [0.3, 0.4) is 0 Å². The number of nitrogens with zero attached hydrogens (tertiary/aromatic N) is 1. The average molecular weight is 650 g/mol. The van der Waals surface area contributed by atoms with Crippen molar-refractivity contribution in [2.24, 2.45) is 0 Å². The summed E-state index contributed by atoms with van der Waals surface area (Å²) in [6, 6.07) is 10.6. The molecule has 1 saturated heterocycles. The number of carbonyl (C=O) groups is 3. The van der Waals surface area contributed by atoms with E-state index < -0.39 is 17.1 Å². The minimum atomic E-state index is -0.509. The van der Waals surface area contributed by atoms with E-state index in [0.29, 0.717) is 22.7 Å². The predicted octanol–water partition coefficient (Wildman–Crippen LogP) is 4.59. The second kappa shape index (κ2) is 10.0. The summed E-state index contributed by atoms with van der Waals surface area (Å²) in [5.74, 6) is 0.306. The standard InChI is InChI=1S/C20H16I2N2O5S/c1-28-14-5-3-13(4-6-14)23-17(25)10-24-19(26)16(30-20(24)27)8-11-7-12(21)9-15(22)18(11)29-2/h3-9H,10H2,1-2H3,(H,23,25)/b16-8+. The fraction of sp³-hybridized carbons (Fsp3) is 0.150. The molecule has 156 valence electrons. The zero-order valence-electron chi connectivity index (χ0n) is 15.9. The third-order valence-corrected chi connectivity index (χ3v) is 6.41. The van der Waals surface area contributed by atoms with Crippen LogP contribution < -0.4 is 14.8 Å². The maximum Gasteiger partial charge on any atom is 0.294 e. The highest BCUT2D eigenvalue weighted by Gasteiger charge is 2.36. The molecule has 0 aliphatic carbocycles. The van der Waals surface area contributed by atoms with Crippen LogP contribution in [-0.4, -0.2) is 42.7 Å². The van der Waals surface area contributed by atoms with Crippen LogP contribution in [0.1, 0.15) is 5.56 Å². The van der Waals surface area contributed by atoms with E-state index in [1.807, 2.05) is 12.1 Å². The van der Waals surface area contributed by atoms with E-state index in [1.165, 1.54) is 0 Å². The molecule has 0 spiro atoms. The largest absolute Gasteiger partial charge is 0.497 e. The molecular formula is C20H16I2N2O5S. The van der Waals surface area contributed by atoms with Gasteiger partial charge in [0.25, 0.3) is 11.1 Å². The van der Waals surface area contributed by atoms with Gasteiger partial charge in [-0.2, -0.15) is 0 Å². The van der Waals surface area contributed by atoms with Gasteiger partial charge in [0.1, 0.15) is 18.0 Å². The third kappa shape index (κ3) is 5.27. The number of methoxy groups -OCH3 is 2. The minimum Gasteiger partial charge on any atom is -0.497 e. The Kier molecular flexibility index (Phi) is 7.63. The molecule has 10 heteroatoms. The van der Waals surface area contributed by atoms with Gasteiger partial charge in [0.2, 0.25) is 5.91 Å². The summed E-state index contributed by atoms with van der Waals surface area (Å²) in [5.41, 5.74) is 1.24. The molecule has 1 fully saturated rings. The van der Waals surface area contributed by atoms with Gasteiger partial charge in [0, 0.05) is 14.8 Å². The number of benzene rings is 2. The molecule has 0 unspecified atom stereocenters. The number of rotatable bonds is 6. The Morgan fingerprint density at radius 2 is 1.83 bits per heavy atom. The maximum atomic E-state index is 12.7. The number of nitrogens with one attached hydrogen (secondary N) is 1. The van der Waals surface area contributed by atoms with Crippen molar-refractivity contribution in [3.63, 3.8) is 0 Å². The van der Waals surface area contributed by atoms with E-state index in [2.05, 4.69) is 50.5 Å². The van der Waals surface area contributed by atoms with Crippen molar-refractivity contribution in [1.82, 2.24) is 4.90 Å². The quantitative estimate of drug-likeness (QED) is 0.364. The van der Waals surface area contributed by atoms with Gasteiger partial charge in [0.05, 0.1) is 22.7 Å². The molecule has 2 aromatic rings. The molecule has 2 aromatic carbocycles. The molecule has 1 N–H and O–H groups in total. The summed E-state index contributed by atoms with van der Waals surface area (Å²) in [4.78, 5) is 38.6. The van der Waals surface area contributed by atoms with E-state index >= 15 is 0 Å². The number of ether oxygens (including phenoxy) is 2. The van der Waals surface area contributed by atoms with Crippen molar-refractivity contribution in [3.05, 3.63) is 54.0 Å². The van der Waals surface area contributed by atoms with E-state index in [9.17, 15) is 14.4 Å². The average Bonchev–Trinajstić information content (AvgIpc) is 2.95. The summed E-state index contributed by atoms with van der Waals surface area (Å²) in [6.07, 6.45) is 1.62. The smallest absolute Gasteiger partial charge is 0.294 e. The number of thioether (sulfide) groups is 1. The van der Waals surface area contributed by atoms with Crippen LogP contribution in [0, 0.1) is 7.14 Å². The van der Waals surface area contributed by atoms with Crippen LogP contribution in [0.2, 0.25) is 0 Å². The van der Waals surface area contributed by atoms with Crippen LogP contribution in [0.25, 0.3) is 6.08 Å². The minimum absolute atomic E-state index is 0.244. The number of hydrogen-bond acceptors (Lipinski definition) is 6. The summed E-state index contributed by atoms with van der Waals surface area (Å²) < 4.78 is 12.4. The van der Waals surface area contributed by atoms with Crippen LogP contribution in [0.4, 0.5) is 10.5 Å². The lowest BCUT2D eigenvalue weighted by Gasteiger charge is -2.13. The van der Waals surface area contributed by atoms with Crippen molar-refractivity contribution in [2.75, 3.05) is 26.1 Å². The Labute approximate surface area is 204 Å². The first-order valence-electron chi connectivity index (χ1n) is 8.54. The zero-order valence-corrected chi connectivity index (χ0v) is 21.0. The third-order valence-electron chi connectivity index (χ3n) is 4.08. The van der Waals surface area contributed by atoms with Crippen LogP contribution in [-0.2, 0) is 9.59 Å². The number of halogens is 2. The van der Waals surface area contributed by atoms with Crippen molar-refractivity contribution < 1.29 is 23.9 Å². The van der Waals surface area contributed by atoms with Gasteiger partial charge in [0.15, 0.2) is 0 Å². The van der Waals surface area contributed by atoms with Crippen molar-refractivity contribution in [1.29, 1.82) is 0 Å². The molecular weight excluding hydrogens is 634 g/mol. The second-order valence-corrected chi connectivity index (χ2v) is 9.46. The normalized spacial score (nSPS) is 14.9. The van der Waals surface area contributed by atoms with Gasteiger partial charge >= 0.3 is 0 Å². The van der Waals surface area contributed by atoms with E-state index in [1.54, 1.807) is 44.6 Å². The Morgan fingerprint density at radius 1 is 1.13 bits per heavy atom. The maximum absolute atomic E-state index is 12.7. The van der Waals surface area contributed by atoms with Gasteiger partial charge in [-0.05, 0) is 99.4 Å². The molecule has 3 amide bonds.